The van der Waals surface area contributed by atoms with Gasteiger partial charge >= 0.3 is 0 Å². The minimum Gasteiger partial charge on any atom is -0.394 e. The topological polar surface area (TPSA) is 101 Å². The maximum Gasteiger partial charge on any atom is 0.264 e. The lowest BCUT2D eigenvalue weighted by Gasteiger charge is -2.18. The van der Waals surface area contributed by atoms with Crippen molar-refractivity contribution in [2.24, 2.45) is 5.92 Å². The highest BCUT2D eigenvalue weighted by Gasteiger charge is 2.13. The molecule has 7 nitrogen and oxygen atoms in total. The van der Waals surface area contributed by atoms with Crippen LogP contribution in [-0.2, 0) is 16.7 Å². The van der Waals surface area contributed by atoms with E-state index in [1.54, 1.807) is 6.20 Å². The third-order valence-corrected chi connectivity index (χ3v) is 3.65. The van der Waals surface area contributed by atoms with Gasteiger partial charge in [0.05, 0.1) is 17.6 Å². The molecule has 0 aliphatic rings. The van der Waals surface area contributed by atoms with Crippen LogP contribution in [0, 0.1) is 5.92 Å². The van der Waals surface area contributed by atoms with Crippen molar-refractivity contribution in [3.63, 3.8) is 0 Å². The van der Waals surface area contributed by atoms with Crippen LogP contribution in [0.15, 0.2) is 6.20 Å². The zero-order chi connectivity index (χ0) is 14.6. The van der Waals surface area contributed by atoms with Gasteiger partial charge in [-0.3, -0.25) is 4.55 Å². The van der Waals surface area contributed by atoms with Gasteiger partial charge in [-0.25, -0.2) is 4.68 Å². The van der Waals surface area contributed by atoms with Gasteiger partial charge in [0.1, 0.15) is 5.82 Å². The molecule has 0 saturated heterocycles. The quantitative estimate of drug-likeness (QED) is 0.721. The number of aromatic nitrogens is 2. The molecule has 0 aromatic carbocycles. The first-order valence-corrected chi connectivity index (χ1v) is 7.75. The number of hydrogen-bond acceptors (Lipinski definition) is 5. The van der Waals surface area contributed by atoms with E-state index in [2.05, 4.69) is 5.10 Å². The van der Waals surface area contributed by atoms with E-state index < -0.39 is 10.1 Å². The average molecular weight is 290 g/mol. The molecule has 0 spiro atoms. The Kier molecular flexibility index (Phi) is 5.19. The minimum atomic E-state index is -3.86. The zero-order valence-corrected chi connectivity index (χ0v) is 12.4. The normalized spacial score (nSPS) is 13.5. The largest absolute Gasteiger partial charge is 0.394 e. The molecule has 0 aliphatic carbocycles. The van der Waals surface area contributed by atoms with E-state index in [-0.39, 0.29) is 11.7 Å². The predicted molar refractivity (Wildman–Crippen MR) is 75.8 cm³/mol. The summed E-state index contributed by atoms with van der Waals surface area (Å²) < 4.78 is 31.8. The van der Waals surface area contributed by atoms with E-state index in [4.69, 9.17) is 10.3 Å². The van der Waals surface area contributed by atoms with Crippen LogP contribution in [0.2, 0.25) is 0 Å². The molecule has 0 amide bonds. The number of nitrogen functional groups attached to an aromatic ring is 1. The van der Waals surface area contributed by atoms with Crippen LogP contribution in [0.25, 0.3) is 0 Å². The Bertz CT molecular complexity index is 510. The van der Waals surface area contributed by atoms with Crippen molar-refractivity contribution >= 4 is 21.6 Å². The van der Waals surface area contributed by atoms with Gasteiger partial charge in [0.15, 0.2) is 0 Å². The fraction of sp³-hybridized carbons (Fsp3) is 0.727. The number of nitrogens with zero attached hydrogens (tertiary/aromatic N) is 3. The van der Waals surface area contributed by atoms with Crippen molar-refractivity contribution in [2.45, 2.75) is 26.3 Å². The number of nitrogens with two attached hydrogens (primary N) is 1. The van der Waals surface area contributed by atoms with Gasteiger partial charge in [-0.2, -0.15) is 13.5 Å². The van der Waals surface area contributed by atoms with E-state index in [0.29, 0.717) is 25.1 Å². The van der Waals surface area contributed by atoms with Gasteiger partial charge in [0.25, 0.3) is 10.1 Å². The second-order valence-corrected chi connectivity index (χ2v) is 6.61. The molecule has 0 bridgehead atoms. The SMILES string of the molecule is CC(CCCS(=O)(=O)O)Cn1ncc(N)c1N(C)C. The van der Waals surface area contributed by atoms with Crippen molar-refractivity contribution in [2.75, 3.05) is 30.5 Å². The summed E-state index contributed by atoms with van der Waals surface area (Å²) in [5.74, 6) is 0.903. The molecule has 0 fully saturated rings. The molecule has 1 heterocycles. The summed E-state index contributed by atoms with van der Waals surface area (Å²) in [7, 11) is -0.0694. The van der Waals surface area contributed by atoms with Crippen molar-refractivity contribution < 1.29 is 13.0 Å². The van der Waals surface area contributed by atoms with Crippen molar-refractivity contribution in [1.82, 2.24) is 9.78 Å². The molecular weight excluding hydrogens is 268 g/mol. The van der Waals surface area contributed by atoms with Crippen molar-refractivity contribution in [1.29, 1.82) is 0 Å². The molecule has 0 radical (unpaired) electrons. The molecule has 1 rings (SSSR count). The lowest BCUT2D eigenvalue weighted by atomic mass is 10.1. The lowest BCUT2D eigenvalue weighted by molar-refractivity contribution is 0.417. The molecule has 110 valence electrons. The fourth-order valence-electron chi connectivity index (χ4n) is 2.02. The first kappa shape index (κ1) is 15.8. The monoisotopic (exact) mass is 290 g/mol. The Hall–Kier alpha value is -1.28. The summed E-state index contributed by atoms with van der Waals surface area (Å²) in [5.41, 5.74) is 6.46. The third-order valence-electron chi connectivity index (χ3n) is 2.85. The number of rotatable bonds is 7. The maximum absolute atomic E-state index is 10.6. The highest BCUT2D eigenvalue weighted by atomic mass is 32.2. The second kappa shape index (κ2) is 6.25. The molecule has 1 aromatic heterocycles. The minimum absolute atomic E-state index is 0.195. The van der Waals surface area contributed by atoms with Crippen molar-refractivity contribution in [3.8, 4) is 0 Å². The van der Waals surface area contributed by atoms with Crippen LogP contribution in [0.5, 0.6) is 0 Å². The molecule has 0 aliphatic heterocycles. The Balaban J connectivity index is 2.55. The van der Waals surface area contributed by atoms with Crippen LogP contribution in [0.1, 0.15) is 19.8 Å². The van der Waals surface area contributed by atoms with Crippen LogP contribution < -0.4 is 10.6 Å². The third kappa shape index (κ3) is 5.07. The van der Waals surface area contributed by atoms with Gasteiger partial charge < -0.3 is 10.6 Å². The Morgan fingerprint density at radius 3 is 2.68 bits per heavy atom. The lowest BCUT2D eigenvalue weighted by Crippen LogP contribution is -2.19. The summed E-state index contributed by atoms with van der Waals surface area (Å²) in [5, 5.41) is 4.22. The van der Waals surface area contributed by atoms with E-state index in [1.807, 2.05) is 30.6 Å². The average Bonchev–Trinajstić information content (AvgIpc) is 2.57. The summed E-state index contributed by atoms with van der Waals surface area (Å²) in [4.78, 5) is 1.90. The molecule has 1 aromatic rings. The van der Waals surface area contributed by atoms with E-state index >= 15 is 0 Å². The highest BCUT2D eigenvalue weighted by Crippen LogP contribution is 2.22. The van der Waals surface area contributed by atoms with E-state index in [1.165, 1.54) is 0 Å². The summed E-state index contributed by atoms with van der Waals surface area (Å²) >= 11 is 0. The van der Waals surface area contributed by atoms with Gasteiger partial charge in [-0.1, -0.05) is 6.92 Å². The summed E-state index contributed by atoms with van der Waals surface area (Å²) in [6.07, 6.45) is 2.75. The molecule has 1 atom stereocenters. The standard InChI is InChI=1S/C11H22N4O3S/c1-9(5-4-6-19(16,17)18)8-15-11(14(2)3)10(12)7-13-15/h7,9H,4-6,8,12H2,1-3H3,(H,16,17,18). The second-order valence-electron chi connectivity index (χ2n) is 5.03. The molecular formula is C11H22N4O3S. The number of hydrogen-bond donors (Lipinski definition) is 2. The van der Waals surface area contributed by atoms with Crippen LogP contribution in [0.3, 0.4) is 0 Å². The van der Waals surface area contributed by atoms with Crippen LogP contribution >= 0.6 is 0 Å². The summed E-state index contributed by atoms with van der Waals surface area (Å²) in [6.45, 7) is 2.68. The van der Waals surface area contributed by atoms with E-state index in [9.17, 15) is 8.42 Å². The Morgan fingerprint density at radius 1 is 1.53 bits per heavy atom. The van der Waals surface area contributed by atoms with Gasteiger partial charge in [0.2, 0.25) is 0 Å². The van der Waals surface area contributed by atoms with E-state index in [0.717, 1.165) is 5.82 Å². The Morgan fingerprint density at radius 2 is 2.16 bits per heavy atom. The Labute approximate surface area is 114 Å². The van der Waals surface area contributed by atoms with Crippen molar-refractivity contribution in [3.05, 3.63) is 6.20 Å². The number of anilines is 2. The molecule has 19 heavy (non-hydrogen) atoms. The van der Waals surface area contributed by atoms with Gasteiger partial charge in [-0.05, 0) is 18.8 Å². The molecule has 0 saturated carbocycles. The fourth-order valence-corrected chi connectivity index (χ4v) is 2.55. The van der Waals surface area contributed by atoms with Gasteiger partial charge in [0, 0.05) is 20.6 Å². The first-order valence-electron chi connectivity index (χ1n) is 6.14. The smallest absolute Gasteiger partial charge is 0.264 e. The van der Waals surface area contributed by atoms with Gasteiger partial charge in [-0.15, -0.1) is 0 Å². The van der Waals surface area contributed by atoms with Crippen LogP contribution in [-0.4, -0.2) is 42.6 Å². The zero-order valence-electron chi connectivity index (χ0n) is 11.6. The van der Waals surface area contributed by atoms with Crippen LogP contribution in [0.4, 0.5) is 11.5 Å². The molecule has 8 heteroatoms. The highest BCUT2D eigenvalue weighted by molar-refractivity contribution is 7.85. The summed E-state index contributed by atoms with van der Waals surface area (Å²) in [6, 6.07) is 0. The molecule has 1 unspecified atom stereocenters. The molecule has 3 N–H and O–H groups in total. The first-order chi connectivity index (χ1) is 8.70. The maximum atomic E-state index is 10.6. The predicted octanol–water partition coefficient (Wildman–Crippen LogP) is 0.835.